The predicted molar refractivity (Wildman–Crippen MR) is 63.1 cm³/mol. The zero-order chi connectivity index (χ0) is 12.2. The molecule has 5 nitrogen and oxygen atoms in total. The van der Waals surface area contributed by atoms with Gasteiger partial charge in [-0.05, 0) is 13.8 Å². The number of carbonyl (C=O) groups is 1. The maximum atomic E-state index is 11.7. The van der Waals surface area contributed by atoms with Crippen LogP contribution in [0.25, 0.3) is 0 Å². The summed E-state index contributed by atoms with van der Waals surface area (Å²) in [6.45, 7) is 3.99. The van der Waals surface area contributed by atoms with Gasteiger partial charge in [0.15, 0.2) is 0 Å². The third kappa shape index (κ3) is 3.26. The number of carbonyl (C=O) groups excluding carboxylic acids is 1. The van der Waals surface area contributed by atoms with E-state index in [1.165, 1.54) is 18.4 Å². The molecule has 0 saturated carbocycles. The molecule has 0 fully saturated rings. The van der Waals surface area contributed by atoms with Crippen molar-refractivity contribution in [1.82, 2.24) is 10.3 Å². The van der Waals surface area contributed by atoms with Gasteiger partial charge in [-0.25, -0.2) is 4.98 Å². The Kier molecular flexibility index (Phi) is 4.40. The van der Waals surface area contributed by atoms with Gasteiger partial charge in [-0.3, -0.25) is 4.79 Å². The average molecular weight is 243 g/mol. The van der Waals surface area contributed by atoms with Crippen molar-refractivity contribution in [1.29, 1.82) is 0 Å². The first kappa shape index (κ1) is 13.1. The van der Waals surface area contributed by atoms with E-state index in [2.05, 4.69) is 10.3 Å². The predicted octanol–water partition coefficient (Wildman–Crippen LogP) is 0.468. The molecule has 0 aliphatic carbocycles. The normalized spacial score (nSPS) is 13.5. The van der Waals surface area contributed by atoms with Gasteiger partial charge in [0.25, 0.3) is 0 Å². The summed E-state index contributed by atoms with van der Waals surface area (Å²) < 4.78 is 4.83. The molecule has 1 unspecified atom stereocenters. The van der Waals surface area contributed by atoms with E-state index in [0.29, 0.717) is 0 Å². The Balaban J connectivity index is 2.63. The van der Waals surface area contributed by atoms with E-state index in [9.17, 15) is 4.79 Å². The summed E-state index contributed by atoms with van der Waals surface area (Å²) >= 11 is 1.50. The van der Waals surface area contributed by atoms with Crippen molar-refractivity contribution in [3.05, 3.63) is 16.6 Å². The van der Waals surface area contributed by atoms with Gasteiger partial charge in [0.05, 0.1) is 12.1 Å². The third-order valence-electron chi connectivity index (χ3n) is 2.09. The summed E-state index contributed by atoms with van der Waals surface area (Å²) in [5, 5.41) is 5.57. The topological polar surface area (TPSA) is 77.2 Å². The smallest absolute Gasteiger partial charge is 0.240 e. The van der Waals surface area contributed by atoms with Gasteiger partial charge < -0.3 is 15.8 Å². The van der Waals surface area contributed by atoms with Crippen LogP contribution >= 0.6 is 11.3 Å². The highest BCUT2D eigenvalue weighted by Crippen LogP contribution is 2.21. The Bertz CT molecular complexity index is 338. The summed E-state index contributed by atoms with van der Waals surface area (Å²) in [7, 11) is 1.51. The van der Waals surface area contributed by atoms with E-state index in [4.69, 9.17) is 10.5 Å². The summed E-state index contributed by atoms with van der Waals surface area (Å²) in [6.07, 6.45) is 1.71. The molecule has 6 heteroatoms. The minimum Gasteiger partial charge on any atom is -0.383 e. The molecule has 0 aliphatic rings. The van der Waals surface area contributed by atoms with Crippen LogP contribution in [0, 0.1) is 0 Å². The standard InChI is InChI=1S/C10H17N3O2S/c1-10(2,9-12-4-5-16-9)13-8(14)7(11)6-15-3/h4-5,7H,6,11H2,1-3H3,(H,13,14). The van der Waals surface area contributed by atoms with Crippen molar-refractivity contribution in [3.63, 3.8) is 0 Å². The largest absolute Gasteiger partial charge is 0.383 e. The SMILES string of the molecule is COCC(N)C(=O)NC(C)(C)c1nccs1. The second-order valence-electron chi connectivity index (χ2n) is 4.01. The maximum absolute atomic E-state index is 11.7. The monoisotopic (exact) mass is 243 g/mol. The number of aromatic nitrogens is 1. The summed E-state index contributed by atoms with van der Waals surface area (Å²) in [5.41, 5.74) is 5.13. The number of hydrogen-bond donors (Lipinski definition) is 2. The molecule has 0 spiro atoms. The van der Waals surface area contributed by atoms with Crippen LogP contribution in [0.5, 0.6) is 0 Å². The quantitative estimate of drug-likeness (QED) is 0.788. The molecular formula is C10H17N3O2S. The lowest BCUT2D eigenvalue weighted by molar-refractivity contribution is -0.125. The average Bonchev–Trinajstić information content (AvgIpc) is 2.70. The van der Waals surface area contributed by atoms with Crippen LogP contribution in [-0.2, 0) is 15.1 Å². The molecule has 0 aromatic carbocycles. The van der Waals surface area contributed by atoms with Crippen LogP contribution in [0.15, 0.2) is 11.6 Å². The molecule has 1 heterocycles. The molecule has 16 heavy (non-hydrogen) atoms. The molecule has 1 atom stereocenters. The minimum absolute atomic E-state index is 0.208. The molecule has 0 bridgehead atoms. The van der Waals surface area contributed by atoms with Crippen molar-refractivity contribution < 1.29 is 9.53 Å². The van der Waals surface area contributed by atoms with Gasteiger partial charge in [0, 0.05) is 18.7 Å². The minimum atomic E-state index is -0.649. The summed E-state index contributed by atoms with van der Waals surface area (Å²) in [5.74, 6) is -0.234. The fraction of sp³-hybridized carbons (Fsp3) is 0.600. The summed E-state index contributed by atoms with van der Waals surface area (Å²) in [6, 6.07) is -0.649. The van der Waals surface area contributed by atoms with Crippen LogP contribution in [0.3, 0.4) is 0 Å². The molecule has 0 radical (unpaired) electrons. The van der Waals surface area contributed by atoms with Gasteiger partial charge in [0.2, 0.25) is 5.91 Å². The van der Waals surface area contributed by atoms with Crippen molar-refractivity contribution in [3.8, 4) is 0 Å². The number of nitrogens with two attached hydrogens (primary N) is 1. The van der Waals surface area contributed by atoms with Gasteiger partial charge >= 0.3 is 0 Å². The maximum Gasteiger partial charge on any atom is 0.240 e. The van der Waals surface area contributed by atoms with Crippen LogP contribution in [0.4, 0.5) is 0 Å². The van der Waals surface area contributed by atoms with E-state index in [1.807, 2.05) is 19.2 Å². The van der Waals surface area contributed by atoms with E-state index in [1.54, 1.807) is 6.20 Å². The first-order valence-electron chi connectivity index (χ1n) is 4.94. The fourth-order valence-corrected chi connectivity index (χ4v) is 1.96. The Morgan fingerprint density at radius 1 is 1.75 bits per heavy atom. The third-order valence-corrected chi connectivity index (χ3v) is 3.18. The number of thiazole rings is 1. The number of nitrogens with zero attached hydrogens (tertiary/aromatic N) is 1. The Hall–Kier alpha value is -0.980. The molecule has 1 rings (SSSR count). The number of ether oxygens (including phenoxy) is 1. The number of amides is 1. The fourth-order valence-electron chi connectivity index (χ4n) is 1.24. The molecular weight excluding hydrogens is 226 g/mol. The molecule has 1 aromatic rings. The first-order valence-corrected chi connectivity index (χ1v) is 5.82. The number of nitrogens with one attached hydrogen (secondary N) is 1. The van der Waals surface area contributed by atoms with Gasteiger partial charge in [-0.15, -0.1) is 11.3 Å². The summed E-state index contributed by atoms with van der Waals surface area (Å²) in [4.78, 5) is 15.9. The number of hydrogen-bond acceptors (Lipinski definition) is 5. The zero-order valence-corrected chi connectivity index (χ0v) is 10.5. The Labute approximate surface area is 99.0 Å². The second kappa shape index (κ2) is 5.38. The molecule has 90 valence electrons. The van der Waals surface area contributed by atoms with E-state index in [-0.39, 0.29) is 12.5 Å². The lowest BCUT2D eigenvalue weighted by atomic mass is 10.1. The molecule has 0 saturated heterocycles. The van der Waals surface area contributed by atoms with Crippen LogP contribution in [0.1, 0.15) is 18.9 Å². The molecule has 1 aromatic heterocycles. The van der Waals surface area contributed by atoms with Crippen LogP contribution < -0.4 is 11.1 Å². The molecule has 3 N–H and O–H groups in total. The van der Waals surface area contributed by atoms with Crippen molar-refractivity contribution >= 4 is 17.2 Å². The van der Waals surface area contributed by atoms with Crippen molar-refractivity contribution in [2.24, 2.45) is 5.73 Å². The van der Waals surface area contributed by atoms with E-state index < -0.39 is 11.6 Å². The Morgan fingerprint density at radius 2 is 2.44 bits per heavy atom. The highest BCUT2D eigenvalue weighted by molar-refractivity contribution is 7.09. The highest BCUT2D eigenvalue weighted by Gasteiger charge is 2.27. The van der Waals surface area contributed by atoms with Crippen molar-refractivity contribution in [2.45, 2.75) is 25.4 Å². The van der Waals surface area contributed by atoms with Crippen LogP contribution in [0.2, 0.25) is 0 Å². The van der Waals surface area contributed by atoms with Gasteiger partial charge in [0.1, 0.15) is 11.0 Å². The molecule has 1 amide bonds. The Morgan fingerprint density at radius 3 is 2.94 bits per heavy atom. The zero-order valence-electron chi connectivity index (χ0n) is 9.69. The van der Waals surface area contributed by atoms with Gasteiger partial charge in [-0.1, -0.05) is 0 Å². The van der Waals surface area contributed by atoms with Gasteiger partial charge in [-0.2, -0.15) is 0 Å². The highest BCUT2D eigenvalue weighted by atomic mass is 32.1. The number of methoxy groups -OCH3 is 1. The lowest BCUT2D eigenvalue weighted by Crippen LogP contribution is -2.50. The van der Waals surface area contributed by atoms with E-state index in [0.717, 1.165) is 5.01 Å². The van der Waals surface area contributed by atoms with Crippen LogP contribution in [-0.4, -0.2) is 30.6 Å². The molecule has 0 aliphatic heterocycles. The van der Waals surface area contributed by atoms with E-state index >= 15 is 0 Å². The van der Waals surface area contributed by atoms with Crippen molar-refractivity contribution in [2.75, 3.05) is 13.7 Å². The lowest BCUT2D eigenvalue weighted by Gasteiger charge is -2.25. The number of rotatable bonds is 5. The second-order valence-corrected chi connectivity index (χ2v) is 4.91. The first-order chi connectivity index (χ1) is 7.47.